The Labute approximate surface area is 111 Å². The van der Waals surface area contributed by atoms with Gasteiger partial charge in [-0.05, 0) is 18.9 Å². The molecule has 0 radical (unpaired) electrons. The number of hydrogen-bond acceptors (Lipinski definition) is 2. The second-order valence-corrected chi connectivity index (χ2v) is 5.09. The van der Waals surface area contributed by atoms with Gasteiger partial charge in [-0.2, -0.15) is 0 Å². The van der Waals surface area contributed by atoms with E-state index in [9.17, 15) is 4.79 Å². The highest BCUT2D eigenvalue weighted by Gasteiger charge is 2.18. The highest BCUT2D eigenvalue weighted by atomic mass is 35.5. The first-order valence-electron chi connectivity index (χ1n) is 5.79. The van der Waals surface area contributed by atoms with Crippen molar-refractivity contribution in [2.45, 2.75) is 38.1 Å². The quantitative estimate of drug-likeness (QED) is 0.838. The Morgan fingerprint density at radius 3 is 2.71 bits per heavy atom. The summed E-state index contributed by atoms with van der Waals surface area (Å²) in [5, 5.41) is 3.61. The molecule has 0 saturated heterocycles. The van der Waals surface area contributed by atoms with Crippen molar-refractivity contribution < 1.29 is 4.79 Å². The molecule has 17 heavy (non-hydrogen) atoms. The number of amides is 1. The number of nitrogens with zero attached hydrogens (tertiary/aromatic N) is 1. The molecule has 2 rings (SSSR count). The minimum absolute atomic E-state index is 0.161. The third kappa shape index (κ3) is 3.33. The maximum absolute atomic E-state index is 12.0. The second-order valence-electron chi connectivity index (χ2n) is 4.30. The minimum atomic E-state index is -0.161. The Bertz CT molecular complexity index is 417. The van der Waals surface area contributed by atoms with E-state index in [1.54, 1.807) is 0 Å². The van der Waals surface area contributed by atoms with E-state index in [1.807, 2.05) is 0 Å². The van der Waals surface area contributed by atoms with E-state index in [0.29, 0.717) is 10.6 Å². The van der Waals surface area contributed by atoms with Crippen molar-refractivity contribution in [3.8, 4) is 0 Å². The van der Waals surface area contributed by atoms with Crippen molar-refractivity contribution in [1.82, 2.24) is 10.3 Å². The summed E-state index contributed by atoms with van der Waals surface area (Å²) in [5.41, 5.74) is 0.400. The molecule has 5 heteroatoms. The van der Waals surface area contributed by atoms with Gasteiger partial charge >= 0.3 is 0 Å². The average molecular weight is 273 g/mol. The molecule has 3 nitrogen and oxygen atoms in total. The highest BCUT2D eigenvalue weighted by molar-refractivity contribution is 6.35. The van der Waals surface area contributed by atoms with Crippen LogP contribution in [0.1, 0.15) is 42.5 Å². The lowest BCUT2D eigenvalue weighted by Crippen LogP contribution is -2.36. The first-order chi connectivity index (χ1) is 8.16. The Balaban J connectivity index is 2.05. The molecule has 1 aromatic heterocycles. The molecule has 1 aromatic rings. The number of carbonyl (C=O) groups is 1. The summed E-state index contributed by atoms with van der Waals surface area (Å²) in [7, 11) is 0. The Morgan fingerprint density at radius 1 is 1.29 bits per heavy atom. The molecule has 0 spiro atoms. The fraction of sp³-hybridized carbons (Fsp3) is 0.500. The molecule has 92 valence electrons. The van der Waals surface area contributed by atoms with Crippen LogP contribution in [0.25, 0.3) is 0 Å². The van der Waals surface area contributed by atoms with Crippen LogP contribution in [0, 0.1) is 0 Å². The van der Waals surface area contributed by atoms with Crippen molar-refractivity contribution in [1.29, 1.82) is 0 Å². The van der Waals surface area contributed by atoms with E-state index in [1.165, 1.54) is 31.5 Å². The van der Waals surface area contributed by atoms with Crippen LogP contribution in [0.3, 0.4) is 0 Å². The zero-order valence-corrected chi connectivity index (χ0v) is 10.9. The van der Waals surface area contributed by atoms with Crippen LogP contribution >= 0.6 is 23.2 Å². The summed E-state index contributed by atoms with van der Waals surface area (Å²) in [6, 6.07) is 1.77. The lowest BCUT2D eigenvalue weighted by molar-refractivity contribution is 0.0928. The van der Waals surface area contributed by atoms with Gasteiger partial charge in [-0.1, -0.05) is 42.5 Å². The van der Waals surface area contributed by atoms with Gasteiger partial charge in [-0.25, -0.2) is 4.98 Å². The molecule has 1 N–H and O–H groups in total. The van der Waals surface area contributed by atoms with E-state index in [4.69, 9.17) is 23.2 Å². The number of carbonyl (C=O) groups excluding carboxylic acids is 1. The Kier molecular flexibility index (Phi) is 4.24. The third-order valence-electron chi connectivity index (χ3n) is 3.01. The summed E-state index contributed by atoms with van der Waals surface area (Å²) in [6.45, 7) is 0. The van der Waals surface area contributed by atoms with Crippen LogP contribution in [0.5, 0.6) is 0 Å². The van der Waals surface area contributed by atoms with Gasteiger partial charge in [0.05, 0.1) is 10.6 Å². The van der Waals surface area contributed by atoms with Gasteiger partial charge in [0.2, 0.25) is 0 Å². The smallest absolute Gasteiger partial charge is 0.253 e. The predicted molar refractivity (Wildman–Crippen MR) is 68.6 cm³/mol. The van der Waals surface area contributed by atoms with E-state index >= 15 is 0 Å². The minimum Gasteiger partial charge on any atom is -0.349 e. The third-order valence-corrected chi connectivity index (χ3v) is 3.51. The Hall–Kier alpha value is -0.800. The van der Waals surface area contributed by atoms with Crippen molar-refractivity contribution >= 4 is 29.1 Å². The van der Waals surface area contributed by atoms with Crippen LogP contribution < -0.4 is 5.32 Å². The molecule has 0 aliphatic heterocycles. The van der Waals surface area contributed by atoms with Crippen LogP contribution in [0.2, 0.25) is 10.2 Å². The lowest BCUT2D eigenvalue weighted by Gasteiger charge is -2.22. The topological polar surface area (TPSA) is 42.0 Å². The number of nitrogens with one attached hydrogen (secondary N) is 1. The van der Waals surface area contributed by atoms with Crippen molar-refractivity contribution in [2.24, 2.45) is 0 Å². The van der Waals surface area contributed by atoms with Gasteiger partial charge in [0, 0.05) is 12.2 Å². The maximum atomic E-state index is 12.0. The van der Waals surface area contributed by atoms with Crippen molar-refractivity contribution in [3.05, 3.63) is 28.0 Å². The maximum Gasteiger partial charge on any atom is 0.253 e. The SMILES string of the molecule is O=C(NC1CCCCC1)c1cc(Cl)ncc1Cl. The molecule has 1 aliphatic rings. The monoisotopic (exact) mass is 272 g/mol. The molecule has 0 atom stereocenters. The number of halogens is 2. The molecule has 1 amide bonds. The van der Waals surface area contributed by atoms with Crippen molar-refractivity contribution in [2.75, 3.05) is 0 Å². The van der Waals surface area contributed by atoms with Crippen LogP contribution in [-0.2, 0) is 0 Å². The summed E-state index contributed by atoms with van der Waals surface area (Å²) >= 11 is 11.7. The highest BCUT2D eigenvalue weighted by Crippen LogP contribution is 2.21. The molecule has 0 unspecified atom stereocenters. The zero-order chi connectivity index (χ0) is 12.3. The van der Waals surface area contributed by atoms with Crippen molar-refractivity contribution in [3.63, 3.8) is 0 Å². The first kappa shape index (κ1) is 12.7. The first-order valence-corrected chi connectivity index (χ1v) is 6.54. The standard InChI is InChI=1S/C12H14Cl2N2O/c13-10-7-15-11(14)6-9(10)12(17)16-8-4-2-1-3-5-8/h6-8H,1-5H2,(H,16,17). The van der Waals surface area contributed by atoms with Gasteiger partial charge in [-0.3, -0.25) is 4.79 Å². The van der Waals surface area contributed by atoms with Gasteiger partial charge in [0.25, 0.3) is 5.91 Å². The van der Waals surface area contributed by atoms with Crippen LogP contribution in [-0.4, -0.2) is 16.9 Å². The second kappa shape index (κ2) is 5.69. The average Bonchev–Trinajstić information content (AvgIpc) is 2.33. The fourth-order valence-corrected chi connectivity index (χ4v) is 2.44. The molecular weight excluding hydrogens is 259 g/mol. The lowest BCUT2D eigenvalue weighted by atomic mass is 9.95. The summed E-state index contributed by atoms with van der Waals surface area (Å²) < 4.78 is 0. The molecule has 1 saturated carbocycles. The Morgan fingerprint density at radius 2 is 2.00 bits per heavy atom. The molecule has 1 fully saturated rings. The number of aromatic nitrogens is 1. The zero-order valence-electron chi connectivity index (χ0n) is 9.38. The number of rotatable bonds is 2. The molecule has 0 aromatic carbocycles. The van der Waals surface area contributed by atoms with E-state index in [2.05, 4.69) is 10.3 Å². The van der Waals surface area contributed by atoms with E-state index in [-0.39, 0.29) is 17.1 Å². The molecule has 0 bridgehead atoms. The van der Waals surface area contributed by atoms with Gasteiger partial charge < -0.3 is 5.32 Å². The normalized spacial score (nSPS) is 16.8. The van der Waals surface area contributed by atoms with Crippen LogP contribution in [0.15, 0.2) is 12.3 Å². The fourth-order valence-electron chi connectivity index (χ4n) is 2.10. The van der Waals surface area contributed by atoms with Gasteiger partial charge in [0.15, 0.2) is 0 Å². The summed E-state index contributed by atoms with van der Waals surface area (Å²) in [5.74, 6) is -0.161. The van der Waals surface area contributed by atoms with E-state index in [0.717, 1.165) is 12.8 Å². The summed E-state index contributed by atoms with van der Waals surface area (Å²) in [4.78, 5) is 15.8. The predicted octanol–water partition coefficient (Wildman–Crippen LogP) is 3.45. The van der Waals surface area contributed by atoms with E-state index < -0.39 is 0 Å². The largest absolute Gasteiger partial charge is 0.349 e. The molecule has 1 aliphatic carbocycles. The summed E-state index contributed by atoms with van der Waals surface area (Å²) in [6.07, 6.45) is 7.10. The number of hydrogen-bond donors (Lipinski definition) is 1. The number of pyridine rings is 1. The van der Waals surface area contributed by atoms with Gasteiger partial charge in [-0.15, -0.1) is 0 Å². The van der Waals surface area contributed by atoms with Gasteiger partial charge in [0.1, 0.15) is 5.15 Å². The molecule has 1 heterocycles. The molecular formula is C12H14Cl2N2O. The van der Waals surface area contributed by atoms with Crippen LogP contribution in [0.4, 0.5) is 0 Å².